The van der Waals surface area contributed by atoms with Gasteiger partial charge in [0.2, 0.25) is 5.91 Å². The van der Waals surface area contributed by atoms with E-state index >= 15 is 0 Å². The lowest BCUT2D eigenvalue weighted by Crippen LogP contribution is -2.60. The van der Waals surface area contributed by atoms with Crippen molar-refractivity contribution in [2.45, 2.75) is 25.9 Å². The second-order valence-electron chi connectivity index (χ2n) is 3.85. The average Bonchev–Trinajstić information content (AvgIpc) is 2.29. The Morgan fingerprint density at radius 2 is 2.12 bits per heavy atom. The minimum atomic E-state index is -0.240. The van der Waals surface area contributed by atoms with Crippen LogP contribution in [-0.2, 0) is 4.79 Å². The fourth-order valence-corrected chi connectivity index (χ4v) is 1.82. The van der Waals surface area contributed by atoms with Gasteiger partial charge in [0.15, 0.2) is 0 Å². The van der Waals surface area contributed by atoms with Crippen LogP contribution in [0.25, 0.3) is 0 Å². The first-order valence-corrected chi connectivity index (χ1v) is 5.01. The van der Waals surface area contributed by atoms with E-state index in [2.05, 4.69) is 11.9 Å². The van der Waals surface area contributed by atoms with Gasteiger partial charge in [0, 0.05) is 25.2 Å². The second kappa shape index (κ2) is 5.04. The molecular weight excluding hydrogens is 212 g/mol. The molecule has 0 spiro atoms. The number of hydrogen-bond donors (Lipinski definition) is 0. The number of hydrogen-bond acceptors (Lipinski definition) is 5. The maximum absolute atomic E-state index is 11.5. The molecule has 1 aliphatic rings. The molecule has 0 bridgehead atoms. The van der Waals surface area contributed by atoms with Crippen molar-refractivity contribution in [1.29, 1.82) is 0 Å². The molecule has 2 unspecified atom stereocenters. The van der Waals surface area contributed by atoms with Gasteiger partial charge in [0.25, 0.3) is 0 Å². The minimum absolute atomic E-state index is 0.0386. The van der Waals surface area contributed by atoms with E-state index in [0.717, 1.165) is 0 Å². The molecule has 1 saturated heterocycles. The van der Waals surface area contributed by atoms with Crippen LogP contribution in [0.1, 0.15) is 13.8 Å². The standard InChI is InChI=1S/C9H15N4O3/c1-4-9(14)11-5-8(3)12(6-7(11)2)13(16)10-15/h4,7-8H,1,5-6H2,2-3H3/q-1. The highest BCUT2D eigenvalue weighted by Gasteiger charge is 2.31. The largest absolute Gasteiger partial charge is 0.724 e. The van der Waals surface area contributed by atoms with Crippen LogP contribution in [0.2, 0.25) is 0 Å². The molecule has 0 aromatic rings. The number of amides is 1. The van der Waals surface area contributed by atoms with Gasteiger partial charge >= 0.3 is 0 Å². The molecule has 1 heterocycles. The van der Waals surface area contributed by atoms with Crippen molar-refractivity contribution in [1.82, 2.24) is 15.2 Å². The Kier molecular flexibility index (Phi) is 3.97. The summed E-state index contributed by atoms with van der Waals surface area (Å²) in [5.74, 6) is -0.171. The summed E-state index contributed by atoms with van der Waals surface area (Å²) in [6.45, 7) is 7.64. The number of nitroso groups, excluding NO2 is 1. The van der Waals surface area contributed by atoms with Gasteiger partial charge in [-0.25, -0.2) is 5.01 Å². The summed E-state index contributed by atoms with van der Waals surface area (Å²) in [7, 11) is 0. The zero-order valence-electron chi connectivity index (χ0n) is 9.37. The van der Waals surface area contributed by atoms with Gasteiger partial charge in [-0.3, -0.25) is 10.1 Å². The minimum Gasteiger partial charge on any atom is -0.724 e. The quantitative estimate of drug-likeness (QED) is 0.398. The van der Waals surface area contributed by atoms with Crippen molar-refractivity contribution in [3.8, 4) is 0 Å². The van der Waals surface area contributed by atoms with Gasteiger partial charge in [-0.1, -0.05) is 6.58 Å². The predicted molar refractivity (Wildman–Crippen MR) is 58.5 cm³/mol. The number of carbonyl (C=O) groups excluding carboxylic acids is 1. The molecule has 16 heavy (non-hydrogen) atoms. The van der Waals surface area contributed by atoms with Gasteiger partial charge in [0.05, 0.1) is 5.29 Å². The number of carbonyl (C=O) groups is 1. The van der Waals surface area contributed by atoms with Gasteiger partial charge in [-0.05, 0) is 19.9 Å². The third-order valence-electron chi connectivity index (χ3n) is 2.70. The molecule has 0 aromatic heterocycles. The van der Waals surface area contributed by atoms with Crippen LogP contribution < -0.4 is 0 Å². The molecule has 2 atom stereocenters. The summed E-state index contributed by atoms with van der Waals surface area (Å²) >= 11 is 0. The van der Waals surface area contributed by atoms with Crippen molar-refractivity contribution >= 4 is 5.91 Å². The molecule has 0 aliphatic carbocycles. The maximum atomic E-state index is 11.5. The first kappa shape index (κ1) is 12.6. The summed E-state index contributed by atoms with van der Waals surface area (Å²) in [6.07, 6.45) is 1.24. The van der Waals surface area contributed by atoms with Gasteiger partial charge in [0.1, 0.15) is 0 Å². The molecule has 1 amide bonds. The Balaban J connectivity index is 2.73. The molecule has 0 radical (unpaired) electrons. The van der Waals surface area contributed by atoms with Crippen molar-refractivity contribution < 1.29 is 4.79 Å². The molecule has 1 rings (SSSR count). The fourth-order valence-electron chi connectivity index (χ4n) is 1.82. The van der Waals surface area contributed by atoms with E-state index in [9.17, 15) is 14.9 Å². The Morgan fingerprint density at radius 1 is 1.50 bits per heavy atom. The first-order chi connectivity index (χ1) is 7.51. The van der Waals surface area contributed by atoms with Crippen LogP contribution in [0.3, 0.4) is 0 Å². The smallest absolute Gasteiger partial charge is 0.246 e. The summed E-state index contributed by atoms with van der Waals surface area (Å²) in [6, 6.07) is -0.393. The Labute approximate surface area is 93.8 Å². The van der Waals surface area contributed by atoms with Crippen molar-refractivity contribution in [3.05, 3.63) is 22.8 Å². The van der Waals surface area contributed by atoms with Crippen molar-refractivity contribution in [2.24, 2.45) is 5.29 Å². The van der Waals surface area contributed by atoms with Gasteiger partial charge in [-0.15, -0.1) is 4.91 Å². The van der Waals surface area contributed by atoms with Gasteiger partial charge in [-0.2, -0.15) is 0 Å². The van der Waals surface area contributed by atoms with E-state index in [1.165, 1.54) is 11.1 Å². The Morgan fingerprint density at radius 3 is 2.62 bits per heavy atom. The van der Waals surface area contributed by atoms with E-state index < -0.39 is 0 Å². The molecule has 0 saturated carbocycles. The van der Waals surface area contributed by atoms with Crippen molar-refractivity contribution in [3.63, 3.8) is 0 Å². The highest BCUT2D eigenvalue weighted by Crippen LogP contribution is 2.17. The molecule has 0 N–H and O–H groups in total. The molecule has 0 aromatic carbocycles. The summed E-state index contributed by atoms with van der Waals surface area (Å²) < 4.78 is 0. The molecule has 1 aliphatic heterocycles. The summed E-state index contributed by atoms with van der Waals surface area (Å²) in [5, 5.41) is 14.8. The number of hydrazine groups is 1. The molecule has 1 fully saturated rings. The lowest BCUT2D eigenvalue weighted by molar-refractivity contribution is -0.138. The fraction of sp³-hybridized carbons (Fsp3) is 0.667. The average molecular weight is 227 g/mol. The van der Waals surface area contributed by atoms with Gasteiger partial charge < -0.3 is 10.1 Å². The number of piperazine rings is 1. The van der Waals surface area contributed by atoms with E-state index in [0.29, 0.717) is 6.54 Å². The van der Waals surface area contributed by atoms with Crippen LogP contribution in [0.5, 0.6) is 0 Å². The SMILES string of the molecule is C=CC(=O)N1CC(C)N(N([O-])N=O)CC1C. The lowest BCUT2D eigenvalue weighted by atomic mass is 10.1. The Hall–Kier alpha value is -1.47. The van der Waals surface area contributed by atoms with E-state index in [4.69, 9.17) is 0 Å². The third kappa shape index (κ3) is 2.37. The molecule has 7 nitrogen and oxygen atoms in total. The topological polar surface area (TPSA) is 79.3 Å². The van der Waals surface area contributed by atoms with Crippen LogP contribution in [0.15, 0.2) is 17.9 Å². The highest BCUT2D eigenvalue weighted by molar-refractivity contribution is 5.87. The van der Waals surface area contributed by atoms with Crippen LogP contribution >= 0.6 is 0 Å². The molecular formula is C9H15N4O3-. The summed E-state index contributed by atoms with van der Waals surface area (Å²) in [4.78, 5) is 23.3. The zero-order chi connectivity index (χ0) is 12.3. The van der Waals surface area contributed by atoms with E-state index in [1.54, 1.807) is 18.7 Å². The maximum Gasteiger partial charge on any atom is 0.246 e. The first-order valence-electron chi connectivity index (χ1n) is 5.01. The highest BCUT2D eigenvalue weighted by atomic mass is 16.6. The number of rotatable bonds is 3. The van der Waals surface area contributed by atoms with E-state index in [1.807, 2.05) is 0 Å². The van der Waals surface area contributed by atoms with Crippen LogP contribution in [0, 0.1) is 10.1 Å². The predicted octanol–water partition coefficient (Wildman–Crippen LogP) is 0.490. The second-order valence-corrected chi connectivity index (χ2v) is 3.85. The summed E-state index contributed by atoms with van der Waals surface area (Å²) in [5.41, 5.74) is 0. The third-order valence-corrected chi connectivity index (χ3v) is 2.70. The van der Waals surface area contributed by atoms with Crippen LogP contribution in [0.4, 0.5) is 0 Å². The lowest BCUT2D eigenvalue weighted by Gasteiger charge is -2.47. The van der Waals surface area contributed by atoms with E-state index in [-0.39, 0.29) is 29.8 Å². The van der Waals surface area contributed by atoms with Crippen molar-refractivity contribution in [2.75, 3.05) is 13.1 Å². The monoisotopic (exact) mass is 227 g/mol. The normalized spacial score (nSPS) is 26.3. The zero-order valence-corrected chi connectivity index (χ0v) is 9.37. The Bertz CT molecular complexity index is 296. The molecule has 7 heteroatoms. The van der Waals surface area contributed by atoms with Crippen LogP contribution in [-0.4, -0.2) is 46.3 Å². The molecule has 90 valence electrons. The number of nitrogens with zero attached hydrogens (tertiary/aromatic N) is 4.